The number of rotatable bonds is 4. The van der Waals surface area contributed by atoms with Crippen LogP contribution < -0.4 is 0 Å². The molecule has 1 aromatic heterocycles. The molecule has 2 heterocycles. The van der Waals surface area contributed by atoms with Crippen molar-refractivity contribution in [2.75, 3.05) is 13.1 Å². The summed E-state index contributed by atoms with van der Waals surface area (Å²) in [6.07, 6.45) is 2.42. The van der Waals surface area contributed by atoms with Crippen molar-refractivity contribution < 1.29 is 0 Å². The Bertz CT molecular complexity index is 855. The number of benzene rings is 2. The Labute approximate surface area is 152 Å². The van der Waals surface area contributed by atoms with Gasteiger partial charge in [0.05, 0.1) is 11.7 Å². The monoisotopic (exact) mass is 353 g/mol. The fourth-order valence-electron chi connectivity index (χ4n) is 3.51. The number of hydrogen-bond acceptors (Lipinski definition) is 4. The van der Waals surface area contributed by atoms with Crippen LogP contribution in [0.3, 0.4) is 0 Å². The molecule has 128 valence electrons. The molecule has 0 aliphatic carbocycles. The molecule has 0 bridgehead atoms. The van der Waals surface area contributed by atoms with Crippen LogP contribution in [0.15, 0.2) is 48.5 Å². The molecule has 1 unspecified atom stereocenters. The average molecular weight is 354 g/mol. The zero-order valence-corrected chi connectivity index (χ0v) is 14.9. The molecule has 2 aromatic carbocycles. The van der Waals surface area contributed by atoms with Gasteiger partial charge in [-0.25, -0.2) is 0 Å². The van der Waals surface area contributed by atoms with Gasteiger partial charge in [-0.05, 0) is 66.5 Å². The minimum atomic E-state index is 0.0390. The summed E-state index contributed by atoms with van der Waals surface area (Å²) in [5.74, 6) is 0.832. The lowest BCUT2D eigenvalue weighted by molar-refractivity contribution is 0.268. The number of halogens is 1. The smallest absolute Gasteiger partial charge is 0.178 e. The highest BCUT2D eigenvalue weighted by Gasteiger charge is 2.30. The van der Waals surface area contributed by atoms with E-state index in [9.17, 15) is 0 Å². The van der Waals surface area contributed by atoms with Crippen molar-refractivity contribution in [3.05, 3.63) is 70.5 Å². The number of hydrogen-bond donors (Lipinski definition) is 0. The van der Waals surface area contributed by atoms with Gasteiger partial charge in [0, 0.05) is 5.02 Å². The van der Waals surface area contributed by atoms with E-state index in [1.807, 2.05) is 35.9 Å². The van der Waals surface area contributed by atoms with E-state index in [-0.39, 0.29) is 6.04 Å². The van der Waals surface area contributed by atoms with Crippen molar-refractivity contribution >= 4 is 11.6 Å². The van der Waals surface area contributed by atoms with Gasteiger partial charge in [0.1, 0.15) is 0 Å². The van der Waals surface area contributed by atoms with E-state index in [4.69, 9.17) is 11.6 Å². The number of aryl methyl sites for hydroxylation is 1. The average Bonchev–Trinajstić information content (AvgIpc) is 3.31. The second-order valence-corrected chi connectivity index (χ2v) is 6.87. The number of likely N-dealkylation sites (tertiary alicyclic amines) is 1. The third-order valence-electron chi connectivity index (χ3n) is 4.76. The molecule has 1 aliphatic heterocycles. The van der Waals surface area contributed by atoms with Gasteiger partial charge >= 0.3 is 0 Å². The summed E-state index contributed by atoms with van der Waals surface area (Å²) in [5.41, 5.74) is 3.22. The molecule has 1 saturated heterocycles. The van der Waals surface area contributed by atoms with E-state index in [1.165, 1.54) is 18.4 Å². The maximum Gasteiger partial charge on any atom is 0.178 e. The molecule has 6 heteroatoms. The van der Waals surface area contributed by atoms with E-state index in [0.29, 0.717) is 5.02 Å². The lowest BCUT2D eigenvalue weighted by Crippen LogP contribution is -2.29. The Hall–Kier alpha value is -2.24. The maximum atomic E-state index is 6.22. The van der Waals surface area contributed by atoms with Gasteiger partial charge in [-0.15, -0.1) is 5.10 Å². The number of tetrazole rings is 1. The Morgan fingerprint density at radius 2 is 1.80 bits per heavy atom. The maximum absolute atomic E-state index is 6.22. The molecule has 1 atom stereocenters. The second kappa shape index (κ2) is 6.94. The Balaban J connectivity index is 1.84. The molecule has 0 amide bonds. The van der Waals surface area contributed by atoms with Crippen molar-refractivity contribution in [2.24, 2.45) is 0 Å². The van der Waals surface area contributed by atoms with Crippen LogP contribution in [0.5, 0.6) is 0 Å². The fraction of sp³-hybridized carbons (Fsp3) is 0.316. The number of nitrogens with zero attached hydrogens (tertiary/aromatic N) is 5. The minimum Gasteiger partial charge on any atom is -0.290 e. The molecule has 0 saturated carbocycles. The van der Waals surface area contributed by atoms with Gasteiger partial charge in [0.2, 0.25) is 0 Å². The summed E-state index contributed by atoms with van der Waals surface area (Å²) in [7, 11) is 0. The molecule has 3 aromatic rings. The SMILES string of the molecule is Cc1ccc(Cl)cc1-n1nnnc1C(c1ccccc1)N1CCCC1. The molecule has 4 rings (SSSR count). The van der Waals surface area contributed by atoms with Crippen molar-refractivity contribution in [1.29, 1.82) is 0 Å². The van der Waals surface area contributed by atoms with Crippen molar-refractivity contribution in [2.45, 2.75) is 25.8 Å². The first kappa shape index (κ1) is 16.2. The van der Waals surface area contributed by atoms with Crippen LogP contribution in [-0.2, 0) is 0 Å². The van der Waals surface area contributed by atoms with Gasteiger partial charge in [-0.1, -0.05) is 48.0 Å². The third kappa shape index (κ3) is 3.17. The molecule has 5 nitrogen and oxygen atoms in total. The van der Waals surface area contributed by atoms with Crippen molar-refractivity contribution in [1.82, 2.24) is 25.1 Å². The predicted molar refractivity (Wildman–Crippen MR) is 98.0 cm³/mol. The normalized spacial score (nSPS) is 16.2. The molecular weight excluding hydrogens is 334 g/mol. The van der Waals surface area contributed by atoms with Gasteiger partial charge in [0.25, 0.3) is 0 Å². The molecular formula is C19H20ClN5. The summed E-state index contributed by atoms with van der Waals surface area (Å²) in [6, 6.07) is 16.3. The van der Waals surface area contributed by atoms with Crippen molar-refractivity contribution in [3.63, 3.8) is 0 Å². The molecule has 0 N–H and O–H groups in total. The lowest BCUT2D eigenvalue weighted by atomic mass is 10.0. The molecule has 1 aliphatic rings. The molecule has 0 radical (unpaired) electrons. The van der Waals surface area contributed by atoms with Crippen LogP contribution in [0.2, 0.25) is 5.02 Å². The zero-order valence-electron chi connectivity index (χ0n) is 14.1. The third-order valence-corrected chi connectivity index (χ3v) is 4.99. The standard InChI is InChI=1S/C19H20ClN5/c1-14-9-10-16(20)13-17(14)25-19(21-22-23-25)18(24-11-5-6-12-24)15-7-3-2-4-8-15/h2-4,7-10,13,18H,5-6,11-12H2,1H3. The Morgan fingerprint density at radius 3 is 2.56 bits per heavy atom. The predicted octanol–water partition coefficient (Wildman–Crippen LogP) is 3.81. The quantitative estimate of drug-likeness (QED) is 0.715. The zero-order chi connectivity index (χ0) is 17.2. The summed E-state index contributed by atoms with van der Waals surface area (Å²) in [6.45, 7) is 4.16. The van der Waals surface area contributed by atoms with Gasteiger partial charge in [-0.2, -0.15) is 4.68 Å². The van der Waals surface area contributed by atoms with Gasteiger partial charge in [-0.3, -0.25) is 4.90 Å². The fourth-order valence-corrected chi connectivity index (χ4v) is 3.67. The van der Waals surface area contributed by atoms with Crippen LogP contribution in [0.1, 0.15) is 35.8 Å². The largest absolute Gasteiger partial charge is 0.290 e. The van der Waals surface area contributed by atoms with Crippen LogP contribution in [0.25, 0.3) is 5.69 Å². The van der Waals surface area contributed by atoms with E-state index < -0.39 is 0 Å². The summed E-state index contributed by atoms with van der Waals surface area (Å²) >= 11 is 6.22. The first-order valence-electron chi connectivity index (χ1n) is 8.58. The van der Waals surface area contributed by atoms with Crippen LogP contribution in [0, 0.1) is 6.92 Å². The summed E-state index contributed by atoms with van der Waals surface area (Å²) in [4.78, 5) is 2.46. The first-order chi connectivity index (χ1) is 12.2. The van der Waals surface area contributed by atoms with Crippen molar-refractivity contribution in [3.8, 4) is 5.69 Å². The highest BCUT2D eigenvalue weighted by Crippen LogP contribution is 2.31. The van der Waals surface area contributed by atoms with Crippen LogP contribution in [-0.4, -0.2) is 38.2 Å². The Kier molecular flexibility index (Phi) is 4.51. The highest BCUT2D eigenvalue weighted by molar-refractivity contribution is 6.30. The van der Waals surface area contributed by atoms with E-state index in [2.05, 4.69) is 44.7 Å². The highest BCUT2D eigenvalue weighted by atomic mass is 35.5. The van der Waals surface area contributed by atoms with Crippen LogP contribution >= 0.6 is 11.6 Å². The minimum absolute atomic E-state index is 0.0390. The van der Waals surface area contributed by atoms with E-state index in [1.54, 1.807) is 0 Å². The molecule has 25 heavy (non-hydrogen) atoms. The number of aromatic nitrogens is 4. The van der Waals surface area contributed by atoms with Gasteiger partial charge < -0.3 is 0 Å². The van der Waals surface area contributed by atoms with E-state index >= 15 is 0 Å². The summed E-state index contributed by atoms with van der Waals surface area (Å²) < 4.78 is 1.83. The Morgan fingerprint density at radius 1 is 1.04 bits per heavy atom. The summed E-state index contributed by atoms with van der Waals surface area (Å²) in [5, 5.41) is 13.3. The lowest BCUT2D eigenvalue weighted by Gasteiger charge is -2.27. The molecule has 1 fully saturated rings. The van der Waals surface area contributed by atoms with Gasteiger partial charge in [0.15, 0.2) is 5.82 Å². The first-order valence-corrected chi connectivity index (χ1v) is 8.95. The second-order valence-electron chi connectivity index (χ2n) is 6.44. The topological polar surface area (TPSA) is 46.8 Å². The van der Waals surface area contributed by atoms with Crippen LogP contribution in [0.4, 0.5) is 0 Å². The van der Waals surface area contributed by atoms with E-state index in [0.717, 1.165) is 30.2 Å². The molecule has 0 spiro atoms.